The molecule has 1 aromatic carbocycles. The lowest BCUT2D eigenvalue weighted by atomic mass is 10.1. The van der Waals surface area contributed by atoms with Crippen molar-refractivity contribution in [2.75, 3.05) is 7.11 Å². The molecule has 0 fully saturated rings. The zero-order chi connectivity index (χ0) is 12.8. The Morgan fingerprint density at radius 1 is 1.35 bits per heavy atom. The van der Waals surface area contributed by atoms with Crippen molar-refractivity contribution in [3.63, 3.8) is 0 Å². The van der Waals surface area contributed by atoms with Gasteiger partial charge in [-0.25, -0.2) is 4.39 Å². The molecule has 5 heteroatoms. The number of rotatable bonds is 5. The van der Waals surface area contributed by atoms with E-state index >= 15 is 0 Å². The van der Waals surface area contributed by atoms with Crippen LogP contribution in [0.4, 0.5) is 4.39 Å². The van der Waals surface area contributed by atoms with E-state index in [4.69, 9.17) is 11.6 Å². The average molecular weight is 259 g/mol. The zero-order valence-electron chi connectivity index (χ0n) is 9.28. The standard InChI is InChI=1S/C12H12ClFO3/c1-17-11(15)7-6-10(13)12(16)8-2-4-9(14)5-3-8/h2-5,10H,6-7H2,1H3. The van der Waals surface area contributed by atoms with E-state index in [9.17, 15) is 14.0 Å². The molecule has 0 N–H and O–H groups in total. The fraction of sp³-hybridized carbons (Fsp3) is 0.333. The third-order valence-electron chi connectivity index (χ3n) is 2.24. The van der Waals surface area contributed by atoms with Crippen molar-refractivity contribution in [2.45, 2.75) is 18.2 Å². The number of alkyl halides is 1. The smallest absolute Gasteiger partial charge is 0.305 e. The second-order valence-corrected chi connectivity index (χ2v) is 3.98. The predicted octanol–water partition coefficient (Wildman–Crippen LogP) is 2.57. The Bertz CT molecular complexity index is 403. The molecule has 0 amide bonds. The average Bonchev–Trinajstić information content (AvgIpc) is 2.35. The Morgan fingerprint density at radius 3 is 2.47 bits per heavy atom. The van der Waals surface area contributed by atoms with Gasteiger partial charge in [0.05, 0.1) is 12.5 Å². The summed E-state index contributed by atoms with van der Waals surface area (Å²) in [5.41, 5.74) is 0.330. The highest BCUT2D eigenvalue weighted by Gasteiger charge is 2.18. The number of hydrogen-bond donors (Lipinski definition) is 0. The molecule has 92 valence electrons. The Hall–Kier alpha value is -1.42. The van der Waals surface area contributed by atoms with Crippen LogP contribution >= 0.6 is 11.6 Å². The number of esters is 1. The molecule has 0 saturated carbocycles. The topological polar surface area (TPSA) is 43.4 Å². The maximum Gasteiger partial charge on any atom is 0.305 e. The SMILES string of the molecule is COC(=O)CCC(Cl)C(=O)c1ccc(F)cc1. The Labute approximate surface area is 104 Å². The number of Topliss-reactive ketones (excluding diaryl/α,β-unsaturated/α-hetero) is 1. The second-order valence-electron chi connectivity index (χ2n) is 3.45. The molecule has 1 atom stereocenters. The fourth-order valence-corrected chi connectivity index (χ4v) is 1.51. The normalized spacial score (nSPS) is 11.9. The molecule has 0 aliphatic rings. The number of benzene rings is 1. The molecule has 1 unspecified atom stereocenters. The lowest BCUT2D eigenvalue weighted by Gasteiger charge is -2.07. The van der Waals surface area contributed by atoms with Gasteiger partial charge >= 0.3 is 5.97 Å². The van der Waals surface area contributed by atoms with E-state index in [2.05, 4.69) is 4.74 Å². The highest BCUT2D eigenvalue weighted by Crippen LogP contribution is 2.14. The molecule has 0 spiro atoms. The second kappa shape index (κ2) is 6.35. The van der Waals surface area contributed by atoms with Crippen LogP contribution in [-0.2, 0) is 9.53 Å². The van der Waals surface area contributed by atoms with Crippen molar-refractivity contribution < 1.29 is 18.7 Å². The minimum atomic E-state index is -0.806. The first kappa shape index (κ1) is 13.6. The Kier molecular flexibility index (Phi) is 5.10. The van der Waals surface area contributed by atoms with Gasteiger partial charge in [-0.3, -0.25) is 9.59 Å². The number of carbonyl (C=O) groups is 2. The first-order chi connectivity index (χ1) is 8.04. The highest BCUT2D eigenvalue weighted by molar-refractivity contribution is 6.33. The zero-order valence-corrected chi connectivity index (χ0v) is 10.0. The van der Waals surface area contributed by atoms with Gasteiger partial charge in [-0.05, 0) is 30.7 Å². The summed E-state index contributed by atoms with van der Waals surface area (Å²) in [6, 6.07) is 5.12. The van der Waals surface area contributed by atoms with E-state index in [1.807, 2.05) is 0 Å². The first-order valence-electron chi connectivity index (χ1n) is 5.05. The summed E-state index contributed by atoms with van der Waals surface area (Å²) in [6.07, 6.45) is 0.280. The first-order valence-corrected chi connectivity index (χ1v) is 5.49. The van der Waals surface area contributed by atoms with Crippen LogP contribution in [0, 0.1) is 5.82 Å². The van der Waals surface area contributed by atoms with Crippen molar-refractivity contribution in [3.05, 3.63) is 35.6 Å². The summed E-state index contributed by atoms with van der Waals surface area (Å²) in [5, 5.41) is -0.806. The lowest BCUT2D eigenvalue weighted by Crippen LogP contribution is -2.16. The number of ketones is 1. The molecule has 0 radical (unpaired) electrons. The molecular formula is C12H12ClFO3. The fourth-order valence-electron chi connectivity index (χ4n) is 1.27. The van der Waals surface area contributed by atoms with Gasteiger partial charge in [-0.2, -0.15) is 0 Å². The van der Waals surface area contributed by atoms with Crippen molar-refractivity contribution >= 4 is 23.4 Å². The van der Waals surface area contributed by atoms with Crippen LogP contribution in [0.1, 0.15) is 23.2 Å². The molecule has 17 heavy (non-hydrogen) atoms. The summed E-state index contributed by atoms with van der Waals surface area (Å²) < 4.78 is 17.1. The van der Waals surface area contributed by atoms with Crippen LogP contribution in [0.2, 0.25) is 0 Å². The number of methoxy groups -OCH3 is 1. The minimum absolute atomic E-state index is 0.0810. The molecule has 0 heterocycles. The van der Waals surface area contributed by atoms with Crippen molar-refractivity contribution in [3.8, 4) is 0 Å². The summed E-state index contributed by atoms with van der Waals surface area (Å²) in [5.74, 6) is -1.15. The van der Waals surface area contributed by atoms with Crippen molar-refractivity contribution in [1.29, 1.82) is 0 Å². The van der Waals surface area contributed by atoms with Gasteiger partial charge in [-0.1, -0.05) is 0 Å². The van der Waals surface area contributed by atoms with Gasteiger partial charge < -0.3 is 4.74 Å². The molecular weight excluding hydrogens is 247 g/mol. The quantitative estimate of drug-likeness (QED) is 0.463. The Morgan fingerprint density at radius 2 is 1.94 bits per heavy atom. The van der Waals surface area contributed by atoms with Gasteiger partial charge in [0.1, 0.15) is 5.82 Å². The van der Waals surface area contributed by atoms with Crippen LogP contribution in [0.15, 0.2) is 24.3 Å². The molecule has 0 aliphatic carbocycles. The van der Waals surface area contributed by atoms with E-state index in [-0.39, 0.29) is 18.6 Å². The summed E-state index contributed by atoms with van der Waals surface area (Å²) in [7, 11) is 1.27. The van der Waals surface area contributed by atoms with Crippen molar-refractivity contribution in [2.24, 2.45) is 0 Å². The number of halogens is 2. The third kappa shape index (κ3) is 4.15. The van der Waals surface area contributed by atoms with E-state index in [1.54, 1.807) is 0 Å². The van der Waals surface area contributed by atoms with Crippen molar-refractivity contribution in [1.82, 2.24) is 0 Å². The molecule has 1 rings (SSSR count). The molecule has 3 nitrogen and oxygen atoms in total. The summed E-state index contributed by atoms with van der Waals surface area (Å²) in [4.78, 5) is 22.6. The summed E-state index contributed by atoms with van der Waals surface area (Å²) in [6.45, 7) is 0. The maximum atomic E-state index is 12.6. The van der Waals surface area contributed by atoms with E-state index in [1.165, 1.54) is 31.4 Å². The lowest BCUT2D eigenvalue weighted by molar-refractivity contribution is -0.140. The molecule has 1 aromatic rings. The largest absolute Gasteiger partial charge is 0.469 e. The van der Waals surface area contributed by atoms with Crippen LogP contribution in [-0.4, -0.2) is 24.2 Å². The molecule has 0 aromatic heterocycles. The van der Waals surface area contributed by atoms with Gasteiger partial charge in [0.25, 0.3) is 0 Å². The molecule has 0 bridgehead atoms. The van der Waals surface area contributed by atoms with Gasteiger partial charge in [0.15, 0.2) is 5.78 Å². The van der Waals surface area contributed by atoms with Crippen LogP contribution in [0.25, 0.3) is 0 Å². The van der Waals surface area contributed by atoms with Crippen LogP contribution in [0.3, 0.4) is 0 Å². The molecule has 0 aliphatic heterocycles. The highest BCUT2D eigenvalue weighted by atomic mass is 35.5. The summed E-state index contributed by atoms with van der Waals surface area (Å²) >= 11 is 5.86. The third-order valence-corrected chi connectivity index (χ3v) is 2.66. The van der Waals surface area contributed by atoms with Gasteiger partial charge in [0, 0.05) is 12.0 Å². The van der Waals surface area contributed by atoms with Gasteiger partial charge in [-0.15, -0.1) is 11.6 Å². The van der Waals surface area contributed by atoms with Crippen LogP contribution < -0.4 is 0 Å². The van der Waals surface area contributed by atoms with E-state index < -0.39 is 17.2 Å². The number of hydrogen-bond acceptors (Lipinski definition) is 3. The number of carbonyl (C=O) groups excluding carboxylic acids is 2. The van der Waals surface area contributed by atoms with Gasteiger partial charge in [0.2, 0.25) is 0 Å². The monoisotopic (exact) mass is 258 g/mol. The molecule has 0 saturated heterocycles. The van der Waals surface area contributed by atoms with Crippen LogP contribution in [0.5, 0.6) is 0 Å². The minimum Gasteiger partial charge on any atom is -0.469 e. The Balaban J connectivity index is 2.57. The number of ether oxygens (including phenoxy) is 1. The predicted molar refractivity (Wildman–Crippen MR) is 61.6 cm³/mol. The van der Waals surface area contributed by atoms with E-state index in [0.717, 1.165) is 0 Å². The maximum absolute atomic E-state index is 12.6. The van der Waals surface area contributed by atoms with E-state index in [0.29, 0.717) is 5.56 Å².